The lowest BCUT2D eigenvalue weighted by molar-refractivity contribution is 0.0678. The Hall–Kier alpha value is -1.69. The molecule has 0 radical (unpaired) electrons. The van der Waals surface area contributed by atoms with Crippen molar-refractivity contribution in [3.8, 4) is 0 Å². The van der Waals surface area contributed by atoms with Gasteiger partial charge in [0.1, 0.15) is 0 Å². The zero-order chi connectivity index (χ0) is 13.2. The van der Waals surface area contributed by atoms with Gasteiger partial charge in [-0.1, -0.05) is 15.9 Å². The van der Waals surface area contributed by atoms with E-state index in [1.54, 1.807) is 6.92 Å². The number of hydrogen-bond donors (Lipinski definition) is 2. The van der Waals surface area contributed by atoms with Crippen molar-refractivity contribution < 1.29 is 24.6 Å². The number of carboxylic acids is 2. The van der Waals surface area contributed by atoms with E-state index in [-0.39, 0.29) is 16.7 Å². The quantitative estimate of drug-likeness (QED) is 0.656. The molecule has 1 unspecified atom stereocenters. The molecule has 0 aliphatic rings. The minimum Gasteiger partial charge on any atom is -0.478 e. The van der Waals surface area contributed by atoms with E-state index in [9.17, 15) is 14.4 Å². The van der Waals surface area contributed by atoms with Gasteiger partial charge < -0.3 is 10.2 Å². The number of aromatic carboxylic acids is 2. The van der Waals surface area contributed by atoms with Gasteiger partial charge in [0.25, 0.3) is 0 Å². The minimum atomic E-state index is -1.27. The molecule has 0 fully saturated rings. The molecule has 0 aliphatic heterocycles. The van der Waals surface area contributed by atoms with Crippen molar-refractivity contribution in [2.45, 2.75) is 11.8 Å². The fraction of sp³-hybridized carbons (Fsp3) is 0.182. The third-order valence-corrected chi connectivity index (χ3v) is 2.54. The molecule has 0 amide bonds. The average Bonchev–Trinajstić information content (AvgIpc) is 2.26. The van der Waals surface area contributed by atoms with Crippen molar-refractivity contribution in [1.29, 1.82) is 0 Å². The minimum absolute atomic E-state index is 0.109. The highest BCUT2D eigenvalue weighted by atomic mass is 79.9. The molecule has 6 heteroatoms. The van der Waals surface area contributed by atoms with Crippen LogP contribution in [0.4, 0.5) is 0 Å². The predicted octanol–water partition coefficient (Wildman–Crippen LogP) is 2.05. The zero-order valence-corrected chi connectivity index (χ0v) is 10.4. The van der Waals surface area contributed by atoms with Crippen molar-refractivity contribution in [3.05, 3.63) is 34.9 Å². The Morgan fingerprint density at radius 2 is 1.71 bits per heavy atom. The molecule has 0 spiro atoms. The molecule has 90 valence electrons. The average molecular weight is 301 g/mol. The summed E-state index contributed by atoms with van der Waals surface area (Å²) in [5.74, 6) is -2.94. The first-order valence-corrected chi connectivity index (χ1v) is 5.55. The molecule has 17 heavy (non-hydrogen) atoms. The Morgan fingerprint density at radius 3 is 2.12 bits per heavy atom. The van der Waals surface area contributed by atoms with E-state index < -0.39 is 22.5 Å². The molecule has 0 aromatic heterocycles. The summed E-state index contributed by atoms with van der Waals surface area (Å²) in [5, 5.41) is 17.7. The number of Topliss-reactive ketones (excluding diaryl/α,β-unsaturated/α-hetero) is 1. The molecule has 1 aromatic rings. The van der Waals surface area contributed by atoms with Crippen LogP contribution in [0.5, 0.6) is 0 Å². The fourth-order valence-corrected chi connectivity index (χ4v) is 1.53. The second-order valence-electron chi connectivity index (χ2n) is 3.35. The number of alkyl halides is 1. The highest BCUT2D eigenvalue weighted by molar-refractivity contribution is 9.10. The number of carbonyl (C=O) groups excluding carboxylic acids is 1. The molecule has 0 saturated heterocycles. The van der Waals surface area contributed by atoms with Crippen molar-refractivity contribution in [3.63, 3.8) is 0 Å². The van der Waals surface area contributed by atoms with E-state index >= 15 is 0 Å². The van der Waals surface area contributed by atoms with E-state index in [2.05, 4.69) is 15.9 Å². The van der Waals surface area contributed by atoms with Crippen molar-refractivity contribution >= 4 is 33.7 Å². The number of carbonyl (C=O) groups is 3. The van der Waals surface area contributed by atoms with Gasteiger partial charge in [-0.2, -0.15) is 0 Å². The molecule has 1 aromatic carbocycles. The van der Waals surface area contributed by atoms with E-state index in [1.807, 2.05) is 0 Å². The number of halogens is 1. The number of rotatable bonds is 4. The summed E-state index contributed by atoms with van der Waals surface area (Å²) < 4.78 is 0. The number of benzene rings is 1. The molecule has 0 saturated carbocycles. The summed E-state index contributed by atoms with van der Waals surface area (Å²) in [6, 6.07) is 3.35. The van der Waals surface area contributed by atoms with Crippen LogP contribution in [-0.4, -0.2) is 32.8 Å². The summed E-state index contributed by atoms with van der Waals surface area (Å²) >= 11 is 3.03. The fourth-order valence-electron chi connectivity index (χ4n) is 1.28. The van der Waals surface area contributed by atoms with Crippen LogP contribution in [-0.2, 0) is 0 Å². The Kier molecular flexibility index (Phi) is 4.01. The van der Waals surface area contributed by atoms with Crippen LogP contribution >= 0.6 is 15.9 Å². The number of ketones is 1. The summed E-state index contributed by atoms with van der Waals surface area (Å²) in [6.45, 7) is 1.54. The monoisotopic (exact) mass is 300 g/mol. The van der Waals surface area contributed by atoms with Crippen LogP contribution in [0.2, 0.25) is 0 Å². The molecule has 0 bridgehead atoms. The maximum atomic E-state index is 11.7. The van der Waals surface area contributed by atoms with Gasteiger partial charge in [-0.3, -0.25) is 4.79 Å². The Labute approximate surface area is 105 Å². The third-order valence-electron chi connectivity index (χ3n) is 2.12. The lowest BCUT2D eigenvalue weighted by Crippen LogP contribution is -2.16. The largest absolute Gasteiger partial charge is 0.478 e. The van der Waals surface area contributed by atoms with E-state index in [4.69, 9.17) is 10.2 Å². The molecule has 5 nitrogen and oxygen atoms in total. The Morgan fingerprint density at radius 1 is 1.12 bits per heavy atom. The van der Waals surface area contributed by atoms with Crippen molar-refractivity contribution in [2.75, 3.05) is 0 Å². The van der Waals surface area contributed by atoms with E-state index in [0.717, 1.165) is 18.2 Å². The van der Waals surface area contributed by atoms with Crippen LogP contribution in [0.3, 0.4) is 0 Å². The van der Waals surface area contributed by atoms with Gasteiger partial charge >= 0.3 is 11.9 Å². The molecule has 0 aliphatic carbocycles. The second-order valence-corrected chi connectivity index (χ2v) is 4.72. The lowest BCUT2D eigenvalue weighted by Gasteiger charge is -2.07. The summed E-state index contributed by atoms with van der Waals surface area (Å²) in [7, 11) is 0. The normalized spacial score (nSPS) is 11.9. The first-order valence-electron chi connectivity index (χ1n) is 4.63. The van der Waals surface area contributed by atoms with Gasteiger partial charge in [0.2, 0.25) is 0 Å². The van der Waals surface area contributed by atoms with Crippen LogP contribution in [0, 0.1) is 0 Å². The highest BCUT2D eigenvalue weighted by Gasteiger charge is 2.21. The summed E-state index contributed by atoms with van der Waals surface area (Å²) in [5.41, 5.74) is -0.431. The van der Waals surface area contributed by atoms with Crippen molar-refractivity contribution in [1.82, 2.24) is 0 Å². The van der Waals surface area contributed by atoms with Crippen LogP contribution in [0.1, 0.15) is 38.0 Å². The van der Waals surface area contributed by atoms with Gasteiger partial charge in [-0.15, -0.1) is 0 Å². The zero-order valence-electron chi connectivity index (χ0n) is 8.81. The first kappa shape index (κ1) is 13.4. The third kappa shape index (κ3) is 2.91. The van der Waals surface area contributed by atoms with E-state index in [0.29, 0.717) is 0 Å². The second kappa shape index (κ2) is 5.09. The Bertz CT molecular complexity index is 493. The van der Waals surface area contributed by atoms with Crippen LogP contribution < -0.4 is 0 Å². The summed E-state index contributed by atoms with van der Waals surface area (Å²) in [4.78, 5) is 32.8. The predicted molar refractivity (Wildman–Crippen MR) is 63.1 cm³/mol. The maximum absolute atomic E-state index is 11.7. The van der Waals surface area contributed by atoms with Crippen molar-refractivity contribution in [2.24, 2.45) is 0 Å². The van der Waals surface area contributed by atoms with Gasteiger partial charge in [-0.05, 0) is 25.1 Å². The van der Waals surface area contributed by atoms with Crippen LogP contribution in [0.15, 0.2) is 18.2 Å². The molecule has 1 atom stereocenters. The smallest absolute Gasteiger partial charge is 0.336 e. The van der Waals surface area contributed by atoms with Gasteiger partial charge in [0.15, 0.2) is 5.78 Å². The lowest BCUT2D eigenvalue weighted by atomic mass is 9.99. The first-order chi connectivity index (χ1) is 7.84. The van der Waals surface area contributed by atoms with Gasteiger partial charge in [-0.25, -0.2) is 9.59 Å². The van der Waals surface area contributed by atoms with E-state index in [1.165, 1.54) is 0 Å². The Balaban J connectivity index is 3.40. The standard InChI is InChI=1S/C11H9BrO5/c1-5(12)9(13)8-4-6(10(14)15)2-3-7(8)11(16)17/h2-5H,1H3,(H,14,15)(H,16,17). The topological polar surface area (TPSA) is 91.7 Å². The highest BCUT2D eigenvalue weighted by Crippen LogP contribution is 2.17. The molecule has 0 heterocycles. The maximum Gasteiger partial charge on any atom is 0.336 e. The number of hydrogen-bond acceptors (Lipinski definition) is 3. The molecule has 1 rings (SSSR count). The van der Waals surface area contributed by atoms with Gasteiger partial charge in [0.05, 0.1) is 16.0 Å². The SMILES string of the molecule is CC(Br)C(=O)c1cc(C(=O)O)ccc1C(=O)O. The molecular formula is C11H9BrO5. The van der Waals surface area contributed by atoms with Crippen LogP contribution in [0.25, 0.3) is 0 Å². The molecular weight excluding hydrogens is 292 g/mol. The molecule has 2 N–H and O–H groups in total. The number of carboxylic acid groups (broad SMARTS) is 2. The summed E-state index contributed by atoms with van der Waals surface area (Å²) in [6.07, 6.45) is 0. The van der Waals surface area contributed by atoms with Gasteiger partial charge in [0, 0.05) is 5.56 Å².